The number of hydrogen-bond acceptors (Lipinski definition) is 2. The molecular formula is C16H17NO2. The lowest BCUT2D eigenvalue weighted by Gasteiger charge is -2.13. The quantitative estimate of drug-likeness (QED) is 0.916. The molecule has 0 aliphatic heterocycles. The Kier molecular flexibility index (Phi) is 2.99. The molecule has 98 valence electrons. The van der Waals surface area contributed by atoms with Gasteiger partial charge in [0.05, 0.1) is 12.3 Å². The van der Waals surface area contributed by atoms with Gasteiger partial charge in [0, 0.05) is 11.6 Å². The number of aliphatic hydroxyl groups is 1. The molecule has 3 heteroatoms. The van der Waals surface area contributed by atoms with Crippen molar-refractivity contribution in [1.29, 1.82) is 0 Å². The number of hydrogen-bond donors (Lipinski definition) is 1. The van der Waals surface area contributed by atoms with Gasteiger partial charge in [-0.2, -0.15) is 0 Å². The van der Waals surface area contributed by atoms with Crippen molar-refractivity contribution in [2.75, 3.05) is 0 Å². The van der Waals surface area contributed by atoms with Crippen molar-refractivity contribution < 1.29 is 5.11 Å². The van der Waals surface area contributed by atoms with E-state index in [0.29, 0.717) is 11.6 Å². The molecule has 1 aromatic heterocycles. The topological polar surface area (TPSA) is 42.2 Å². The summed E-state index contributed by atoms with van der Waals surface area (Å²) in [7, 11) is 0. The fourth-order valence-electron chi connectivity index (χ4n) is 2.37. The number of rotatable bonds is 3. The zero-order valence-corrected chi connectivity index (χ0v) is 11.0. The van der Waals surface area contributed by atoms with Crippen LogP contribution in [0.2, 0.25) is 0 Å². The van der Waals surface area contributed by atoms with E-state index in [1.807, 2.05) is 29.7 Å². The van der Waals surface area contributed by atoms with E-state index in [1.165, 1.54) is 5.56 Å². The molecule has 1 aliphatic carbocycles. The number of nitrogens with zero attached hydrogens (tertiary/aromatic N) is 1. The minimum atomic E-state index is -0.195. The van der Waals surface area contributed by atoms with Crippen molar-refractivity contribution in [2.45, 2.75) is 32.4 Å². The van der Waals surface area contributed by atoms with Crippen LogP contribution in [0.4, 0.5) is 0 Å². The SMILES string of the molecule is Cc1ccc(-c2ccc(CO)c(=O)n2C2CC2)cc1. The highest BCUT2D eigenvalue weighted by atomic mass is 16.3. The average molecular weight is 255 g/mol. The molecular weight excluding hydrogens is 238 g/mol. The van der Waals surface area contributed by atoms with Crippen LogP contribution in [0, 0.1) is 6.92 Å². The van der Waals surface area contributed by atoms with Crippen LogP contribution >= 0.6 is 0 Å². The molecule has 19 heavy (non-hydrogen) atoms. The van der Waals surface area contributed by atoms with Crippen LogP contribution < -0.4 is 5.56 Å². The van der Waals surface area contributed by atoms with Crippen LogP contribution in [0.3, 0.4) is 0 Å². The minimum Gasteiger partial charge on any atom is -0.391 e. The van der Waals surface area contributed by atoms with E-state index in [1.54, 1.807) is 6.07 Å². The van der Waals surface area contributed by atoms with E-state index in [4.69, 9.17) is 0 Å². The van der Waals surface area contributed by atoms with Gasteiger partial charge < -0.3 is 9.67 Å². The van der Waals surface area contributed by atoms with E-state index < -0.39 is 0 Å². The van der Waals surface area contributed by atoms with Crippen molar-refractivity contribution in [3.05, 3.63) is 57.9 Å². The number of aromatic nitrogens is 1. The predicted molar refractivity (Wildman–Crippen MR) is 75.1 cm³/mol. The second-order valence-electron chi connectivity index (χ2n) is 5.17. The Hall–Kier alpha value is -1.87. The van der Waals surface area contributed by atoms with E-state index in [0.717, 1.165) is 24.1 Å². The van der Waals surface area contributed by atoms with Crippen molar-refractivity contribution in [1.82, 2.24) is 4.57 Å². The fraction of sp³-hybridized carbons (Fsp3) is 0.312. The van der Waals surface area contributed by atoms with Crippen LogP contribution in [0.5, 0.6) is 0 Å². The Morgan fingerprint density at radius 3 is 2.42 bits per heavy atom. The van der Waals surface area contributed by atoms with Gasteiger partial charge in [0.1, 0.15) is 0 Å². The number of pyridine rings is 1. The van der Waals surface area contributed by atoms with E-state index >= 15 is 0 Å². The zero-order valence-electron chi connectivity index (χ0n) is 11.0. The molecule has 0 atom stereocenters. The van der Waals surface area contributed by atoms with Crippen molar-refractivity contribution in [2.24, 2.45) is 0 Å². The van der Waals surface area contributed by atoms with Gasteiger partial charge in [0.25, 0.3) is 5.56 Å². The first-order valence-corrected chi connectivity index (χ1v) is 6.63. The molecule has 3 nitrogen and oxygen atoms in total. The van der Waals surface area contributed by atoms with Crippen LogP contribution in [0.1, 0.15) is 30.0 Å². The Morgan fingerprint density at radius 1 is 1.16 bits per heavy atom. The monoisotopic (exact) mass is 255 g/mol. The molecule has 1 fully saturated rings. The molecule has 0 spiro atoms. The Bertz CT molecular complexity index is 651. The molecule has 0 bridgehead atoms. The molecule has 1 aliphatic rings. The molecule has 1 N–H and O–H groups in total. The second kappa shape index (κ2) is 4.67. The van der Waals surface area contributed by atoms with Gasteiger partial charge in [0.2, 0.25) is 0 Å². The van der Waals surface area contributed by atoms with Gasteiger partial charge in [-0.05, 0) is 37.5 Å². The lowest BCUT2D eigenvalue weighted by atomic mass is 10.1. The third-order valence-corrected chi connectivity index (χ3v) is 3.63. The van der Waals surface area contributed by atoms with Crippen LogP contribution in [-0.4, -0.2) is 9.67 Å². The molecule has 1 aromatic carbocycles. The summed E-state index contributed by atoms with van der Waals surface area (Å²) < 4.78 is 1.84. The summed E-state index contributed by atoms with van der Waals surface area (Å²) >= 11 is 0. The van der Waals surface area contributed by atoms with E-state index in [-0.39, 0.29) is 12.2 Å². The number of aryl methyl sites for hydroxylation is 1. The highest BCUT2D eigenvalue weighted by Crippen LogP contribution is 2.37. The lowest BCUT2D eigenvalue weighted by molar-refractivity contribution is 0.279. The van der Waals surface area contributed by atoms with Crippen molar-refractivity contribution in [3.63, 3.8) is 0 Å². The Balaban J connectivity index is 2.18. The van der Waals surface area contributed by atoms with Gasteiger partial charge in [0.15, 0.2) is 0 Å². The largest absolute Gasteiger partial charge is 0.391 e. The zero-order chi connectivity index (χ0) is 13.4. The lowest BCUT2D eigenvalue weighted by Crippen LogP contribution is -2.24. The van der Waals surface area contributed by atoms with Crippen molar-refractivity contribution >= 4 is 0 Å². The number of benzene rings is 1. The molecule has 0 radical (unpaired) electrons. The Labute approximate surface area is 112 Å². The maximum absolute atomic E-state index is 12.3. The van der Waals surface area contributed by atoms with Gasteiger partial charge in [-0.25, -0.2) is 0 Å². The molecule has 2 aromatic rings. The van der Waals surface area contributed by atoms with Gasteiger partial charge >= 0.3 is 0 Å². The smallest absolute Gasteiger partial charge is 0.256 e. The first-order chi connectivity index (χ1) is 9.20. The average Bonchev–Trinajstić information content (AvgIpc) is 3.23. The fourth-order valence-corrected chi connectivity index (χ4v) is 2.37. The molecule has 0 unspecified atom stereocenters. The molecule has 0 amide bonds. The highest BCUT2D eigenvalue weighted by molar-refractivity contribution is 5.60. The minimum absolute atomic E-state index is 0.0527. The summed E-state index contributed by atoms with van der Waals surface area (Å²) in [5, 5.41) is 9.23. The van der Waals surface area contributed by atoms with Gasteiger partial charge in [-0.3, -0.25) is 4.79 Å². The maximum atomic E-state index is 12.3. The third-order valence-electron chi connectivity index (χ3n) is 3.63. The number of aliphatic hydroxyl groups excluding tert-OH is 1. The first kappa shape index (κ1) is 12.2. The summed E-state index contributed by atoms with van der Waals surface area (Å²) in [4.78, 5) is 12.3. The summed E-state index contributed by atoms with van der Waals surface area (Å²) in [5.74, 6) is 0. The molecule has 1 saturated carbocycles. The van der Waals surface area contributed by atoms with Crippen LogP contribution in [-0.2, 0) is 6.61 Å². The molecule has 0 saturated heterocycles. The van der Waals surface area contributed by atoms with E-state index in [9.17, 15) is 9.90 Å². The summed E-state index contributed by atoms with van der Waals surface area (Å²) in [6.45, 7) is 1.85. The highest BCUT2D eigenvalue weighted by Gasteiger charge is 2.27. The summed E-state index contributed by atoms with van der Waals surface area (Å²) in [5.41, 5.74) is 3.63. The van der Waals surface area contributed by atoms with Crippen LogP contribution in [0.25, 0.3) is 11.3 Å². The molecule has 1 heterocycles. The normalized spacial score (nSPS) is 14.6. The maximum Gasteiger partial charge on any atom is 0.256 e. The second-order valence-corrected chi connectivity index (χ2v) is 5.17. The molecule has 3 rings (SSSR count). The Morgan fingerprint density at radius 2 is 1.84 bits per heavy atom. The van der Waals surface area contributed by atoms with Gasteiger partial charge in [-0.1, -0.05) is 29.8 Å². The predicted octanol–water partition coefficient (Wildman–Crippen LogP) is 2.65. The van der Waals surface area contributed by atoms with Crippen LogP contribution in [0.15, 0.2) is 41.2 Å². The van der Waals surface area contributed by atoms with E-state index in [2.05, 4.69) is 12.1 Å². The third kappa shape index (κ3) is 2.22. The standard InChI is InChI=1S/C16H17NO2/c1-11-2-4-12(5-3-11)15-9-6-13(10-18)16(19)17(15)14-7-8-14/h2-6,9,14,18H,7-8,10H2,1H3. The van der Waals surface area contributed by atoms with Gasteiger partial charge in [-0.15, -0.1) is 0 Å². The van der Waals surface area contributed by atoms with Crippen molar-refractivity contribution in [3.8, 4) is 11.3 Å². The first-order valence-electron chi connectivity index (χ1n) is 6.63. The summed E-state index contributed by atoms with van der Waals surface area (Å²) in [6.07, 6.45) is 2.10. The summed E-state index contributed by atoms with van der Waals surface area (Å²) in [6, 6.07) is 12.2.